The van der Waals surface area contributed by atoms with Crippen molar-refractivity contribution in [1.82, 2.24) is 4.98 Å². The second-order valence-corrected chi connectivity index (χ2v) is 6.29. The first-order chi connectivity index (χ1) is 11.0. The van der Waals surface area contributed by atoms with E-state index in [4.69, 9.17) is 16.3 Å². The number of anilines is 1. The summed E-state index contributed by atoms with van der Waals surface area (Å²) in [5.41, 5.74) is 1.51. The number of halogens is 2. The van der Waals surface area contributed by atoms with Gasteiger partial charge in [-0.05, 0) is 53.0 Å². The standard InChI is InChI=1S/C17H18BrClN2O2/c1-3-4-9-23-14-10-12(6-5-11(14)2)17(22)21-16-15(18)13(19)7-8-20-16/h5-8,10H,3-4,9H2,1-2H3,(H,20,21,22). The van der Waals surface area contributed by atoms with Gasteiger partial charge in [-0.3, -0.25) is 4.79 Å². The third-order valence-electron chi connectivity index (χ3n) is 3.28. The first kappa shape index (κ1) is 17.8. The predicted molar refractivity (Wildman–Crippen MR) is 96.5 cm³/mol. The SMILES string of the molecule is CCCCOc1cc(C(=O)Nc2nccc(Cl)c2Br)ccc1C. The Morgan fingerprint density at radius 3 is 2.91 bits per heavy atom. The monoisotopic (exact) mass is 396 g/mol. The lowest BCUT2D eigenvalue weighted by atomic mass is 10.1. The molecule has 0 radical (unpaired) electrons. The van der Waals surface area contributed by atoms with Crippen molar-refractivity contribution in [3.8, 4) is 5.75 Å². The van der Waals surface area contributed by atoms with Crippen LogP contribution in [0.1, 0.15) is 35.7 Å². The minimum Gasteiger partial charge on any atom is -0.493 e. The maximum Gasteiger partial charge on any atom is 0.256 e. The minimum absolute atomic E-state index is 0.263. The number of nitrogens with one attached hydrogen (secondary N) is 1. The van der Waals surface area contributed by atoms with Gasteiger partial charge in [0, 0.05) is 11.8 Å². The van der Waals surface area contributed by atoms with Gasteiger partial charge in [0.05, 0.1) is 16.1 Å². The maximum atomic E-state index is 12.4. The number of nitrogens with zero attached hydrogens (tertiary/aromatic N) is 1. The molecule has 1 aromatic heterocycles. The van der Waals surface area contributed by atoms with Gasteiger partial charge in [0.15, 0.2) is 0 Å². The van der Waals surface area contributed by atoms with Crippen molar-refractivity contribution in [3.63, 3.8) is 0 Å². The molecule has 1 amide bonds. The van der Waals surface area contributed by atoms with Crippen LogP contribution in [-0.4, -0.2) is 17.5 Å². The minimum atomic E-state index is -0.263. The number of unbranched alkanes of at least 4 members (excludes halogenated alkanes) is 1. The summed E-state index contributed by atoms with van der Waals surface area (Å²) in [6.45, 7) is 4.71. The van der Waals surface area contributed by atoms with Crippen LogP contribution in [0, 0.1) is 6.92 Å². The molecule has 0 aliphatic heterocycles. The molecule has 122 valence electrons. The molecule has 6 heteroatoms. The molecule has 0 bridgehead atoms. The Kier molecular flexibility index (Phi) is 6.42. The first-order valence-electron chi connectivity index (χ1n) is 7.37. The van der Waals surface area contributed by atoms with Gasteiger partial charge in [-0.25, -0.2) is 4.98 Å². The van der Waals surface area contributed by atoms with Crippen molar-refractivity contribution in [2.75, 3.05) is 11.9 Å². The van der Waals surface area contributed by atoms with E-state index < -0.39 is 0 Å². The van der Waals surface area contributed by atoms with Gasteiger partial charge in [-0.2, -0.15) is 0 Å². The van der Waals surface area contributed by atoms with E-state index in [1.165, 1.54) is 6.20 Å². The number of aryl methyl sites for hydroxylation is 1. The highest BCUT2D eigenvalue weighted by Crippen LogP contribution is 2.28. The molecule has 1 heterocycles. The van der Waals surface area contributed by atoms with Crippen LogP contribution in [0.2, 0.25) is 5.02 Å². The van der Waals surface area contributed by atoms with E-state index in [9.17, 15) is 4.79 Å². The van der Waals surface area contributed by atoms with Gasteiger partial charge in [0.25, 0.3) is 5.91 Å². The summed E-state index contributed by atoms with van der Waals surface area (Å²) >= 11 is 9.32. The molecule has 0 saturated heterocycles. The Morgan fingerprint density at radius 1 is 1.39 bits per heavy atom. The number of ether oxygens (including phenoxy) is 1. The average Bonchev–Trinajstić information content (AvgIpc) is 2.53. The lowest BCUT2D eigenvalue weighted by molar-refractivity contribution is 0.102. The molecule has 0 atom stereocenters. The zero-order valence-electron chi connectivity index (χ0n) is 13.0. The summed E-state index contributed by atoms with van der Waals surface area (Å²) in [6.07, 6.45) is 3.58. The van der Waals surface area contributed by atoms with Crippen LogP contribution in [0.25, 0.3) is 0 Å². The lowest BCUT2D eigenvalue weighted by Gasteiger charge is -2.11. The quantitative estimate of drug-likeness (QED) is 0.678. The number of aromatic nitrogens is 1. The molecule has 0 spiro atoms. The van der Waals surface area contributed by atoms with Crippen molar-refractivity contribution in [3.05, 3.63) is 51.1 Å². The third kappa shape index (κ3) is 4.69. The van der Waals surface area contributed by atoms with E-state index in [1.807, 2.05) is 13.0 Å². The number of amides is 1. The largest absolute Gasteiger partial charge is 0.493 e. The number of carbonyl (C=O) groups excluding carboxylic acids is 1. The van der Waals surface area contributed by atoms with Crippen molar-refractivity contribution in [1.29, 1.82) is 0 Å². The molecular formula is C17H18BrClN2O2. The van der Waals surface area contributed by atoms with Crippen LogP contribution in [-0.2, 0) is 0 Å². The fourth-order valence-electron chi connectivity index (χ4n) is 1.91. The van der Waals surface area contributed by atoms with Gasteiger partial charge in [0.1, 0.15) is 11.6 Å². The van der Waals surface area contributed by atoms with Gasteiger partial charge < -0.3 is 10.1 Å². The van der Waals surface area contributed by atoms with E-state index in [0.717, 1.165) is 24.2 Å². The van der Waals surface area contributed by atoms with Gasteiger partial charge >= 0.3 is 0 Å². The smallest absolute Gasteiger partial charge is 0.256 e. The summed E-state index contributed by atoms with van der Waals surface area (Å²) in [5, 5.41) is 3.23. The molecule has 4 nitrogen and oxygen atoms in total. The molecule has 23 heavy (non-hydrogen) atoms. The number of hydrogen-bond donors (Lipinski definition) is 1. The van der Waals surface area contributed by atoms with Crippen LogP contribution in [0.4, 0.5) is 5.82 Å². The Morgan fingerprint density at radius 2 is 2.17 bits per heavy atom. The Hall–Kier alpha value is -1.59. The molecular weight excluding hydrogens is 380 g/mol. The Bertz CT molecular complexity index is 707. The molecule has 0 saturated carbocycles. The zero-order chi connectivity index (χ0) is 16.8. The van der Waals surface area contributed by atoms with Crippen molar-refractivity contribution in [2.24, 2.45) is 0 Å². The van der Waals surface area contributed by atoms with Crippen LogP contribution in [0.5, 0.6) is 5.75 Å². The highest BCUT2D eigenvalue weighted by atomic mass is 79.9. The van der Waals surface area contributed by atoms with Crippen LogP contribution < -0.4 is 10.1 Å². The molecule has 0 unspecified atom stereocenters. The highest BCUT2D eigenvalue weighted by molar-refractivity contribution is 9.10. The van der Waals surface area contributed by atoms with E-state index >= 15 is 0 Å². The predicted octanol–water partition coefficient (Wildman–Crippen LogP) is 5.24. The fraction of sp³-hybridized carbons (Fsp3) is 0.294. The number of carbonyl (C=O) groups is 1. The molecule has 0 fully saturated rings. The number of pyridine rings is 1. The number of hydrogen-bond acceptors (Lipinski definition) is 3. The van der Waals surface area contributed by atoms with E-state index in [2.05, 4.69) is 33.2 Å². The van der Waals surface area contributed by atoms with Crippen LogP contribution in [0.3, 0.4) is 0 Å². The van der Waals surface area contributed by atoms with Gasteiger partial charge in [0.2, 0.25) is 0 Å². The lowest BCUT2D eigenvalue weighted by Crippen LogP contribution is -2.14. The number of benzene rings is 1. The molecule has 2 aromatic rings. The first-order valence-corrected chi connectivity index (χ1v) is 8.54. The summed E-state index contributed by atoms with van der Waals surface area (Å²) in [4.78, 5) is 16.5. The second-order valence-electron chi connectivity index (χ2n) is 5.09. The number of rotatable bonds is 6. The second kappa shape index (κ2) is 8.31. The zero-order valence-corrected chi connectivity index (χ0v) is 15.4. The van der Waals surface area contributed by atoms with Gasteiger partial charge in [-0.15, -0.1) is 0 Å². The third-order valence-corrected chi connectivity index (χ3v) is 4.63. The van der Waals surface area contributed by atoms with Crippen molar-refractivity contribution >= 4 is 39.3 Å². The summed E-state index contributed by atoms with van der Waals surface area (Å²) < 4.78 is 6.29. The topological polar surface area (TPSA) is 51.2 Å². The van der Waals surface area contributed by atoms with Crippen LogP contribution >= 0.6 is 27.5 Å². The van der Waals surface area contributed by atoms with Crippen molar-refractivity contribution < 1.29 is 9.53 Å². The molecule has 1 aromatic carbocycles. The van der Waals surface area contributed by atoms with E-state index in [1.54, 1.807) is 18.2 Å². The molecule has 0 aliphatic carbocycles. The summed E-state index contributed by atoms with van der Waals surface area (Å²) in [7, 11) is 0. The maximum absolute atomic E-state index is 12.4. The Labute approximate surface area is 149 Å². The fourth-order valence-corrected chi connectivity index (χ4v) is 2.39. The van der Waals surface area contributed by atoms with Crippen molar-refractivity contribution in [2.45, 2.75) is 26.7 Å². The van der Waals surface area contributed by atoms with E-state index in [-0.39, 0.29) is 5.91 Å². The summed E-state index contributed by atoms with van der Waals surface area (Å²) in [6, 6.07) is 7.03. The molecule has 0 aliphatic rings. The highest BCUT2D eigenvalue weighted by Gasteiger charge is 2.13. The molecule has 2 rings (SSSR count). The Balaban J connectivity index is 2.16. The summed E-state index contributed by atoms with van der Waals surface area (Å²) in [5.74, 6) is 0.849. The van der Waals surface area contributed by atoms with Gasteiger partial charge in [-0.1, -0.05) is 31.0 Å². The van der Waals surface area contributed by atoms with E-state index in [0.29, 0.717) is 27.5 Å². The normalized spacial score (nSPS) is 10.4. The average molecular weight is 398 g/mol. The van der Waals surface area contributed by atoms with Crippen LogP contribution in [0.15, 0.2) is 34.9 Å². The molecule has 1 N–H and O–H groups in total.